The van der Waals surface area contributed by atoms with Gasteiger partial charge in [0.05, 0.1) is 14.2 Å². The second-order valence-corrected chi connectivity index (χ2v) is 6.76. The maximum absolute atomic E-state index is 12.2. The van der Waals surface area contributed by atoms with Crippen LogP contribution >= 0.6 is 0 Å². The van der Waals surface area contributed by atoms with Crippen LogP contribution in [-0.4, -0.2) is 20.1 Å². The lowest BCUT2D eigenvalue weighted by Gasteiger charge is -2.19. The van der Waals surface area contributed by atoms with Crippen LogP contribution in [0.1, 0.15) is 31.9 Å². The van der Waals surface area contributed by atoms with E-state index in [4.69, 9.17) is 9.47 Å². The van der Waals surface area contributed by atoms with Crippen molar-refractivity contribution in [3.63, 3.8) is 0 Å². The van der Waals surface area contributed by atoms with Crippen molar-refractivity contribution in [3.05, 3.63) is 59.7 Å². The molecule has 0 radical (unpaired) electrons. The van der Waals surface area contributed by atoms with E-state index >= 15 is 0 Å². The average Bonchev–Trinajstić information content (AvgIpc) is 2.59. The number of methoxy groups -OCH3 is 2. The lowest BCUT2D eigenvalue weighted by Crippen LogP contribution is -2.12. The fourth-order valence-corrected chi connectivity index (χ4v) is 2.37. The van der Waals surface area contributed by atoms with Gasteiger partial charge in [0.25, 0.3) is 0 Å². The summed E-state index contributed by atoms with van der Waals surface area (Å²) < 4.78 is 10.5. The van der Waals surface area contributed by atoms with Crippen molar-refractivity contribution in [2.45, 2.75) is 26.2 Å². The van der Waals surface area contributed by atoms with Gasteiger partial charge in [-0.05, 0) is 47.4 Å². The fourth-order valence-electron chi connectivity index (χ4n) is 2.37. The standard InChI is InChI=1S/C21H25NO3/c1-21(2,3)16-7-9-17(10-8-16)22-20(23)13-6-15-14-18(24-4)11-12-19(15)25-5/h6-14H,1-5H3,(H,22,23)/b13-6+. The predicted octanol–water partition coefficient (Wildman–Crippen LogP) is 4.65. The molecule has 0 saturated heterocycles. The SMILES string of the molecule is COc1ccc(OC)c(/C=C/C(=O)Nc2ccc(C(C)(C)C)cc2)c1. The lowest BCUT2D eigenvalue weighted by atomic mass is 9.87. The van der Waals surface area contributed by atoms with Gasteiger partial charge in [0.15, 0.2) is 0 Å². The van der Waals surface area contributed by atoms with Crippen LogP contribution in [0.5, 0.6) is 11.5 Å². The third-order valence-electron chi connectivity index (χ3n) is 3.87. The number of carbonyl (C=O) groups excluding carboxylic acids is 1. The molecule has 0 bridgehead atoms. The number of carbonyl (C=O) groups is 1. The Labute approximate surface area is 149 Å². The average molecular weight is 339 g/mol. The van der Waals surface area contributed by atoms with Crippen LogP contribution in [0.15, 0.2) is 48.5 Å². The summed E-state index contributed by atoms with van der Waals surface area (Å²) in [7, 11) is 3.19. The molecular formula is C21H25NO3. The summed E-state index contributed by atoms with van der Waals surface area (Å²) in [5.74, 6) is 1.19. The van der Waals surface area contributed by atoms with Crippen LogP contribution in [0.25, 0.3) is 6.08 Å². The quantitative estimate of drug-likeness (QED) is 0.806. The first-order valence-electron chi connectivity index (χ1n) is 8.15. The molecule has 1 N–H and O–H groups in total. The topological polar surface area (TPSA) is 47.6 Å². The van der Waals surface area contributed by atoms with Crippen molar-refractivity contribution in [3.8, 4) is 11.5 Å². The van der Waals surface area contributed by atoms with Crippen LogP contribution in [0.3, 0.4) is 0 Å². The van der Waals surface area contributed by atoms with Gasteiger partial charge < -0.3 is 14.8 Å². The minimum Gasteiger partial charge on any atom is -0.497 e. The van der Waals surface area contributed by atoms with E-state index in [1.54, 1.807) is 20.3 Å². The van der Waals surface area contributed by atoms with Crippen molar-refractivity contribution >= 4 is 17.7 Å². The number of hydrogen-bond donors (Lipinski definition) is 1. The molecule has 0 aliphatic carbocycles. The number of rotatable bonds is 5. The van der Waals surface area contributed by atoms with E-state index in [2.05, 4.69) is 26.1 Å². The van der Waals surface area contributed by atoms with Gasteiger partial charge in [-0.15, -0.1) is 0 Å². The molecule has 2 aromatic rings. The van der Waals surface area contributed by atoms with Crippen molar-refractivity contribution in [1.82, 2.24) is 0 Å². The highest BCUT2D eigenvalue weighted by Crippen LogP contribution is 2.25. The van der Waals surface area contributed by atoms with Gasteiger partial charge in [0.2, 0.25) is 5.91 Å². The molecule has 25 heavy (non-hydrogen) atoms. The third-order valence-corrected chi connectivity index (χ3v) is 3.87. The van der Waals surface area contributed by atoms with E-state index in [1.807, 2.05) is 42.5 Å². The van der Waals surface area contributed by atoms with Crippen LogP contribution < -0.4 is 14.8 Å². The summed E-state index contributed by atoms with van der Waals surface area (Å²) in [5.41, 5.74) is 2.85. The third kappa shape index (κ3) is 5.11. The Kier molecular flexibility index (Phi) is 5.86. The molecule has 0 aliphatic rings. The van der Waals surface area contributed by atoms with Gasteiger partial charge in [-0.1, -0.05) is 32.9 Å². The summed E-state index contributed by atoms with van der Waals surface area (Å²) in [6.45, 7) is 6.47. The van der Waals surface area contributed by atoms with Crippen LogP contribution in [0.4, 0.5) is 5.69 Å². The Balaban J connectivity index is 2.08. The Morgan fingerprint density at radius 3 is 2.24 bits per heavy atom. The molecule has 132 valence electrons. The Morgan fingerprint density at radius 1 is 1.00 bits per heavy atom. The first kappa shape index (κ1) is 18.6. The molecular weight excluding hydrogens is 314 g/mol. The van der Waals surface area contributed by atoms with E-state index < -0.39 is 0 Å². The van der Waals surface area contributed by atoms with E-state index in [-0.39, 0.29) is 11.3 Å². The molecule has 2 rings (SSSR count). The molecule has 4 nitrogen and oxygen atoms in total. The van der Waals surface area contributed by atoms with Crippen molar-refractivity contribution < 1.29 is 14.3 Å². The second kappa shape index (κ2) is 7.88. The molecule has 1 amide bonds. The maximum Gasteiger partial charge on any atom is 0.248 e. The van der Waals surface area contributed by atoms with E-state index in [0.717, 1.165) is 11.3 Å². The Bertz CT molecular complexity index is 756. The zero-order chi connectivity index (χ0) is 18.4. The zero-order valence-corrected chi connectivity index (χ0v) is 15.4. The van der Waals surface area contributed by atoms with Gasteiger partial charge >= 0.3 is 0 Å². The molecule has 0 atom stereocenters. The van der Waals surface area contributed by atoms with Gasteiger partial charge in [-0.3, -0.25) is 4.79 Å². The van der Waals surface area contributed by atoms with E-state index in [1.165, 1.54) is 11.6 Å². The highest BCUT2D eigenvalue weighted by Gasteiger charge is 2.13. The first-order chi connectivity index (χ1) is 11.8. The molecule has 0 spiro atoms. The summed E-state index contributed by atoms with van der Waals surface area (Å²) in [5, 5.41) is 2.86. The van der Waals surface area contributed by atoms with Gasteiger partial charge in [0.1, 0.15) is 11.5 Å². The number of amides is 1. The predicted molar refractivity (Wildman–Crippen MR) is 102 cm³/mol. The van der Waals surface area contributed by atoms with Gasteiger partial charge in [0, 0.05) is 17.3 Å². The number of anilines is 1. The molecule has 0 heterocycles. The van der Waals surface area contributed by atoms with Gasteiger partial charge in [-0.2, -0.15) is 0 Å². The number of hydrogen-bond acceptors (Lipinski definition) is 3. The zero-order valence-electron chi connectivity index (χ0n) is 15.4. The molecule has 2 aromatic carbocycles. The molecule has 0 saturated carbocycles. The summed E-state index contributed by atoms with van der Waals surface area (Å²) >= 11 is 0. The highest BCUT2D eigenvalue weighted by molar-refractivity contribution is 6.02. The number of ether oxygens (including phenoxy) is 2. The minimum absolute atomic E-state index is 0.0887. The minimum atomic E-state index is -0.201. The van der Waals surface area contributed by atoms with E-state index in [9.17, 15) is 4.79 Å². The van der Waals surface area contributed by atoms with Crippen LogP contribution in [0.2, 0.25) is 0 Å². The maximum atomic E-state index is 12.2. The summed E-state index contributed by atoms with van der Waals surface area (Å²) in [4.78, 5) is 12.2. The molecule has 0 unspecified atom stereocenters. The van der Waals surface area contributed by atoms with Crippen LogP contribution in [0, 0.1) is 0 Å². The normalized spacial score (nSPS) is 11.4. The van der Waals surface area contributed by atoms with Crippen molar-refractivity contribution in [2.24, 2.45) is 0 Å². The van der Waals surface area contributed by atoms with Crippen molar-refractivity contribution in [2.75, 3.05) is 19.5 Å². The largest absolute Gasteiger partial charge is 0.497 e. The summed E-state index contributed by atoms with van der Waals surface area (Å²) in [6, 6.07) is 13.3. The molecule has 0 aliphatic heterocycles. The lowest BCUT2D eigenvalue weighted by molar-refractivity contribution is -0.111. The number of benzene rings is 2. The Morgan fingerprint density at radius 2 is 1.68 bits per heavy atom. The Hall–Kier alpha value is -2.75. The summed E-state index contributed by atoms with van der Waals surface area (Å²) in [6.07, 6.45) is 3.19. The number of nitrogens with one attached hydrogen (secondary N) is 1. The van der Waals surface area contributed by atoms with Crippen LogP contribution in [-0.2, 0) is 10.2 Å². The molecule has 0 fully saturated rings. The fraction of sp³-hybridized carbons (Fsp3) is 0.286. The van der Waals surface area contributed by atoms with Crippen molar-refractivity contribution in [1.29, 1.82) is 0 Å². The molecule has 4 heteroatoms. The smallest absolute Gasteiger partial charge is 0.248 e. The highest BCUT2D eigenvalue weighted by atomic mass is 16.5. The van der Waals surface area contributed by atoms with E-state index in [0.29, 0.717) is 11.5 Å². The molecule has 0 aromatic heterocycles. The monoisotopic (exact) mass is 339 g/mol. The van der Waals surface area contributed by atoms with Gasteiger partial charge in [-0.25, -0.2) is 0 Å². The first-order valence-corrected chi connectivity index (χ1v) is 8.15. The second-order valence-electron chi connectivity index (χ2n) is 6.76.